The number of halogens is 2. The lowest BCUT2D eigenvalue weighted by Gasteiger charge is -2.35. The molecule has 11 heteroatoms. The summed E-state index contributed by atoms with van der Waals surface area (Å²) in [4.78, 5) is 39.0. The second-order valence-corrected chi connectivity index (χ2v) is 6.82. The van der Waals surface area contributed by atoms with Crippen molar-refractivity contribution in [2.24, 2.45) is 0 Å². The lowest BCUT2D eigenvalue weighted by Crippen LogP contribution is -2.56. The molecule has 4 amide bonds. The molecule has 2 heterocycles. The van der Waals surface area contributed by atoms with Crippen molar-refractivity contribution in [1.82, 2.24) is 20.9 Å². The molecule has 0 saturated carbocycles. The van der Waals surface area contributed by atoms with Gasteiger partial charge in [0.1, 0.15) is 0 Å². The van der Waals surface area contributed by atoms with Gasteiger partial charge in [-0.3, -0.25) is 0 Å². The molecule has 1 aromatic carbocycles. The predicted molar refractivity (Wildman–Crippen MR) is 100 cm³/mol. The highest BCUT2D eigenvalue weighted by atomic mass is 19.2. The molecule has 162 valence electrons. The van der Waals surface area contributed by atoms with Crippen LogP contribution in [0, 0.1) is 11.6 Å². The van der Waals surface area contributed by atoms with Gasteiger partial charge in [0, 0.05) is 19.7 Å². The van der Waals surface area contributed by atoms with Crippen LogP contribution in [0.3, 0.4) is 0 Å². The molecule has 1 unspecified atom stereocenters. The molecule has 30 heavy (non-hydrogen) atoms. The van der Waals surface area contributed by atoms with Crippen molar-refractivity contribution in [2.45, 2.75) is 18.5 Å². The quantitative estimate of drug-likeness (QED) is 0.613. The topological polar surface area (TPSA) is 109 Å². The van der Waals surface area contributed by atoms with Crippen molar-refractivity contribution in [3.8, 4) is 0 Å². The minimum absolute atomic E-state index is 0.0497. The zero-order chi connectivity index (χ0) is 21.8. The summed E-state index contributed by atoms with van der Waals surface area (Å²) in [5, 5.41) is 8.32. The molecule has 0 bridgehead atoms. The number of methoxy groups -OCH3 is 2. The van der Waals surface area contributed by atoms with Crippen LogP contribution >= 0.6 is 0 Å². The van der Waals surface area contributed by atoms with Crippen molar-refractivity contribution in [3.63, 3.8) is 0 Å². The van der Waals surface area contributed by atoms with E-state index in [-0.39, 0.29) is 29.5 Å². The molecular weight excluding hydrogens is 402 g/mol. The average Bonchev–Trinajstić information content (AvgIpc) is 3.22. The van der Waals surface area contributed by atoms with E-state index in [2.05, 4.69) is 16.0 Å². The van der Waals surface area contributed by atoms with Gasteiger partial charge in [0.2, 0.25) is 0 Å². The highest BCUT2D eigenvalue weighted by Gasteiger charge is 2.41. The number of urea groups is 2. The minimum Gasteiger partial charge on any atom is -0.466 e. The summed E-state index contributed by atoms with van der Waals surface area (Å²) in [5.74, 6) is -3.07. The fraction of sp³-hybridized carbons (Fsp3) is 0.421. The van der Waals surface area contributed by atoms with E-state index in [1.807, 2.05) is 0 Å². The molecule has 0 radical (unpaired) electrons. The lowest BCUT2D eigenvalue weighted by molar-refractivity contribution is -0.136. The van der Waals surface area contributed by atoms with Gasteiger partial charge in [-0.05, 0) is 30.7 Å². The van der Waals surface area contributed by atoms with E-state index in [1.54, 1.807) is 0 Å². The summed E-state index contributed by atoms with van der Waals surface area (Å²) in [7, 11) is 2.46. The highest BCUT2D eigenvalue weighted by Crippen LogP contribution is 2.32. The van der Waals surface area contributed by atoms with E-state index in [1.165, 1.54) is 13.2 Å². The molecule has 1 saturated heterocycles. The molecule has 2 aliphatic rings. The van der Waals surface area contributed by atoms with Crippen molar-refractivity contribution < 1.29 is 32.6 Å². The van der Waals surface area contributed by atoms with Crippen LogP contribution in [0.15, 0.2) is 29.5 Å². The Morgan fingerprint density at radius 2 is 2.03 bits per heavy atom. The zero-order valence-corrected chi connectivity index (χ0v) is 16.5. The van der Waals surface area contributed by atoms with E-state index in [4.69, 9.17) is 9.47 Å². The number of amides is 4. The number of imide groups is 1. The largest absolute Gasteiger partial charge is 0.466 e. The number of hydrogen-bond acceptors (Lipinski definition) is 6. The summed E-state index contributed by atoms with van der Waals surface area (Å²) in [6.45, 7) is 1.00. The number of rotatable bonds is 5. The van der Waals surface area contributed by atoms with Gasteiger partial charge < -0.3 is 25.4 Å². The number of benzene rings is 1. The van der Waals surface area contributed by atoms with Crippen molar-refractivity contribution in [2.75, 3.05) is 33.9 Å². The first-order valence-electron chi connectivity index (χ1n) is 9.24. The van der Waals surface area contributed by atoms with Gasteiger partial charge in [-0.25, -0.2) is 28.1 Å². The van der Waals surface area contributed by atoms with Gasteiger partial charge in [-0.15, -0.1) is 0 Å². The Kier molecular flexibility index (Phi) is 6.63. The van der Waals surface area contributed by atoms with Crippen LogP contribution in [0.2, 0.25) is 0 Å². The van der Waals surface area contributed by atoms with Crippen molar-refractivity contribution in [1.29, 1.82) is 0 Å². The molecule has 1 aromatic rings. The van der Waals surface area contributed by atoms with Gasteiger partial charge in [-0.2, -0.15) is 0 Å². The number of nitrogens with zero attached hydrogens (tertiary/aromatic N) is 1. The number of ether oxygens (including phenoxy) is 2. The first-order chi connectivity index (χ1) is 14.4. The molecule has 1 fully saturated rings. The van der Waals surface area contributed by atoms with Gasteiger partial charge in [0.05, 0.1) is 31.0 Å². The molecular formula is C19H22F2N4O5. The molecule has 3 rings (SSSR count). The van der Waals surface area contributed by atoms with E-state index < -0.39 is 35.7 Å². The maximum absolute atomic E-state index is 13.8. The Bertz CT molecular complexity index is 886. The van der Waals surface area contributed by atoms with E-state index >= 15 is 0 Å². The molecule has 0 spiro atoms. The maximum atomic E-state index is 13.8. The van der Waals surface area contributed by atoms with Gasteiger partial charge in [0.25, 0.3) is 0 Å². The fourth-order valence-electron chi connectivity index (χ4n) is 3.47. The lowest BCUT2D eigenvalue weighted by atomic mass is 9.94. The van der Waals surface area contributed by atoms with E-state index in [0.717, 1.165) is 30.7 Å². The minimum atomic E-state index is -1.16. The molecule has 9 nitrogen and oxygen atoms in total. The predicted octanol–water partition coefficient (Wildman–Crippen LogP) is 1.18. The Balaban J connectivity index is 2.06. The van der Waals surface area contributed by atoms with Crippen LogP contribution in [0.1, 0.15) is 18.0 Å². The number of esters is 1. The zero-order valence-electron chi connectivity index (χ0n) is 16.5. The third-order valence-electron chi connectivity index (χ3n) is 4.89. The van der Waals surface area contributed by atoms with E-state index in [9.17, 15) is 23.2 Å². The Morgan fingerprint density at radius 3 is 2.63 bits per heavy atom. The summed E-state index contributed by atoms with van der Waals surface area (Å²) in [6.07, 6.45) is 0.686. The standard InChI is InChI=1S/C19H22F2N4O5/c1-29-9-14-15(17(26)30-2)16(10-3-4-12(20)13(21)7-10)24-19(28)25(14)18(27)23-11-5-6-22-8-11/h3-4,7,11,16,22H,5-6,8-9H2,1-2H3,(H,23,27)(H,24,28)/t11-,16?/m1/s1. The molecule has 3 N–H and O–H groups in total. The average molecular weight is 424 g/mol. The number of nitrogens with one attached hydrogen (secondary N) is 3. The van der Waals surface area contributed by atoms with E-state index in [0.29, 0.717) is 13.0 Å². The molecule has 0 aliphatic carbocycles. The van der Waals surface area contributed by atoms with Crippen molar-refractivity contribution in [3.05, 3.63) is 46.7 Å². The van der Waals surface area contributed by atoms with Gasteiger partial charge in [0.15, 0.2) is 11.6 Å². The monoisotopic (exact) mass is 424 g/mol. The van der Waals surface area contributed by atoms with Crippen LogP contribution in [0.4, 0.5) is 18.4 Å². The highest BCUT2D eigenvalue weighted by molar-refractivity contribution is 6.02. The van der Waals surface area contributed by atoms with Gasteiger partial charge >= 0.3 is 18.0 Å². The molecule has 2 atom stereocenters. The maximum Gasteiger partial charge on any atom is 0.338 e. The Hall–Kier alpha value is -3.05. The van der Waals surface area contributed by atoms with Crippen LogP contribution in [-0.2, 0) is 14.3 Å². The molecule has 2 aliphatic heterocycles. The fourth-order valence-corrected chi connectivity index (χ4v) is 3.47. The summed E-state index contributed by atoms with van der Waals surface area (Å²) in [5.41, 5.74) is -0.0627. The SMILES string of the molecule is COCC1=C(C(=O)OC)C(c2ccc(F)c(F)c2)NC(=O)N1C(=O)N[C@@H]1CCNC1. The Morgan fingerprint density at radius 1 is 1.27 bits per heavy atom. The summed E-state index contributed by atoms with van der Waals surface area (Å²) in [6, 6.07) is 0.0613. The second kappa shape index (κ2) is 9.18. The number of hydrogen-bond donors (Lipinski definition) is 3. The van der Waals surface area contributed by atoms with Crippen molar-refractivity contribution >= 4 is 18.0 Å². The number of carbonyl (C=O) groups is 3. The summed E-state index contributed by atoms with van der Waals surface area (Å²) < 4.78 is 37.1. The smallest absolute Gasteiger partial charge is 0.338 e. The van der Waals surface area contributed by atoms with Crippen LogP contribution in [-0.4, -0.2) is 62.9 Å². The second-order valence-electron chi connectivity index (χ2n) is 6.82. The van der Waals surface area contributed by atoms with Crippen LogP contribution < -0.4 is 16.0 Å². The first-order valence-corrected chi connectivity index (χ1v) is 9.24. The van der Waals surface area contributed by atoms with Gasteiger partial charge in [-0.1, -0.05) is 6.07 Å². The first kappa shape index (κ1) is 21.7. The number of carbonyl (C=O) groups excluding carboxylic acids is 3. The summed E-state index contributed by atoms with van der Waals surface area (Å²) >= 11 is 0. The third-order valence-corrected chi connectivity index (χ3v) is 4.89. The Labute approximate surface area is 171 Å². The molecule has 0 aromatic heterocycles. The van der Waals surface area contributed by atoms with Crippen LogP contribution in [0.25, 0.3) is 0 Å². The normalized spacial score (nSPS) is 21.5. The van der Waals surface area contributed by atoms with Crippen LogP contribution in [0.5, 0.6) is 0 Å². The third kappa shape index (κ3) is 4.26.